The molecule has 0 aliphatic heterocycles. The number of nitrogens with one attached hydrogen (secondary N) is 1. The number of thiophene rings is 1. The van der Waals surface area contributed by atoms with Gasteiger partial charge in [-0.15, -0.1) is 11.3 Å². The van der Waals surface area contributed by atoms with Crippen molar-refractivity contribution in [3.8, 4) is 0 Å². The van der Waals surface area contributed by atoms with Crippen molar-refractivity contribution in [2.75, 3.05) is 18.4 Å². The molecule has 1 rings (SSSR count). The summed E-state index contributed by atoms with van der Waals surface area (Å²) >= 11 is 1.41. The van der Waals surface area contributed by atoms with E-state index < -0.39 is 17.1 Å². The highest BCUT2D eigenvalue weighted by Gasteiger charge is 2.34. The van der Waals surface area contributed by atoms with E-state index in [2.05, 4.69) is 12.2 Å². The molecule has 1 aromatic heterocycles. The molecule has 0 aliphatic rings. The summed E-state index contributed by atoms with van der Waals surface area (Å²) in [5.74, 6) is 0.109. The Kier molecular flexibility index (Phi) is 6.84. The molecule has 0 fully saturated rings. The number of nitrogens with zero attached hydrogens (tertiary/aromatic N) is 1. The zero-order chi connectivity index (χ0) is 18.5. The second-order valence-corrected chi connectivity index (χ2v) is 8.38. The van der Waals surface area contributed by atoms with Crippen molar-refractivity contribution in [2.45, 2.75) is 65.9 Å². The fourth-order valence-electron chi connectivity index (χ4n) is 2.32. The Balaban J connectivity index is 2.86. The lowest BCUT2D eigenvalue weighted by molar-refractivity contribution is -0.136. The zero-order valence-corrected chi connectivity index (χ0v) is 16.7. The van der Waals surface area contributed by atoms with Crippen LogP contribution in [0.4, 0.5) is 9.80 Å². The first-order valence-electron chi connectivity index (χ1n) is 8.41. The van der Waals surface area contributed by atoms with Gasteiger partial charge in [-0.05, 0) is 60.1 Å². The maximum Gasteiger partial charge on any atom is 0.412 e. The molecule has 0 radical (unpaired) electrons. The molecule has 0 unspecified atom stereocenters. The van der Waals surface area contributed by atoms with E-state index in [1.807, 2.05) is 58.6 Å². The van der Waals surface area contributed by atoms with E-state index in [0.717, 1.165) is 17.8 Å². The van der Waals surface area contributed by atoms with Gasteiger partial charge in [0.1, 0.15) is 5.60 Å². The molecule has 0 bridgehead atoms. The topological polar surface area (TPSA) is 58.6 Å². The summed E-state index contributed by atoms with van der Waals surface area (Å²) in [6.45, 7) is 14.8. The molecule has 24 heavy (non-hydrogen) atoms. The van der Waals surface area contributed by atoms with Gasteiger partial charge < -0.3 is 9.64 Å². The molecule has 6 heteroatoms. The van der Waals surface area contributed by atoms with Gasteiger partial charge in [-0.1, -0.05) is 6.92 Å². The lowest BCUT2D eigenvalue weighted by Crippen LogP contribution is -2.43. The van der Waals surface area contributed by atoms with Crippen LogP contribution in [-0.4, -0.2) is 35.6 Å². The molecule has 0 spiro atoms. The van der Waals surface area contributed by atoms with Crippen LogP contribution < -0.4 is 5.32 Å². The standard InChI is InChI=1S/C18H30N2O3S/c1-8-12-20(9-2)15(21)18(6,7)13-10-11-14(24-13)19-16(22)23-17(3,4)5/h10-11H,8-9,12H2,1-7H3,(H,19,22). The minimum absolute atomic E-state index is 0.109. The molecule has 1 aromatic rings. The average molecular weight is 355 g/mol. The van der Waals surface area contributed by atoms with Crippen molar-refractivity contribution in [3.05, 3.63) is 17.0 Å². The quantitative estimate of drug-likeness (QED) is 0.810. The lowest BCUT2D eigenvalue weighted by Gasteiger charge is -2.30. The summed E-state index contributed by atoms with van der Waals surface area (Å²) in [4.78, 5) is 27.5. The summed E-state index contributed by atoms with van der Waals surface area (Å²) in [6, 6.07) is 3.71. The molecule has 2 amide bonds. The number of hydrogen-bond donors (Lipinski definition) is 1. The van der Waals surface area contributed by atoms with Gasteiger partial charge in [-0.2, -0.15) is 0 Å². The lowest BCUT2D eigenvalue weighted by atomic mass is 9.89. The Morgan fingerprint density at radius 2 is 1.79 bits per heavy atom. The van der Waals surface area contributed by atoms with E-state index in [1.54, 1.807) is 0 Å². The molecule has 0 saturated carbocycles. The first-order chi connectivity index (χ1) is 11.0. The van der Waals surface area contributed by atoms with Gasteiger partial charge in [0.2, 0.25) is 5.91 Å². The average Bonchev–Trinajstić information content (AvgIpc) is 2.90. The van der Waals surface area contributed by atoms with Crippen LogP contribution in [0.1, 0.15) is 59.8 Å². The van der Waals surface area contributed by atoms with Crippen molar-refractivity contribution in [3.63, 3.8) is 0 Å². The van der Waals surface area contributed by atoms with E-state index in [4.69, 9.17) is 4.74 Å². The Morgan fingerprint density at radius 1 is 1.17 bits per heavy atom. The predicted octanol–water partition coefficient (Wildman–Crippen LogP) is 4.63. The van der Waals surface area contributed by atoms with Gasteiger partial charge >= 0.3 is 6.09 Å². The maximum absolute atomic E-state index is 12.8. The second-order valence-electron chi connectivity index (χ2n) is 7.30. The number of anilines is 1. The largest absolute Gasteiger partial charge is 0.444 e. The molecule has 0 saturated heterocycles. The van der Waals surface area contributed by atoms with E-state index >= 15 is 0 Å². The monoisotopic (exact) mass is 354 g/mol. The van der Waals surface area contributed by atoms with Crippen molar-refractivity contribution in [2.24, 2.45) is 0 Å². The first-order valence-corrected chi connectivity index (χ1v) is 9.22. The second kappa shape index (κ2) is 8.01. The van der Waals surface area contributed by atoms with E-state index in [-0.39, 0.29) is 5.91 Å². The minimum atomic E-state index is -0.621. The van der Waals surface area contributed by atoms with Crippen molar-refractivity contribution < 1.29 is 14.3 Å². The number of amides is 2. The summed E-state index contributed by atoms with van der Waals surface area (Å²) in [6.07, 6.45) is 0.451. The smallest absolute Gasteiger partial charge is 0.412 e. The molecule has 0 aromatic carbocycles. The summed E-state index contributed by atoms with van der Waals surface area (Å²) in [5.41, 5.74) is -1.16. The van der Waals surface area contributed by atoms with Gasteiger partial charge in [-0.25, -0.2) is 4.79 Å². The molecule has 1 heterocycles. The van der Waals surface area contributed by atoms with E-state index in [9.17, 15) is 9.59 Å². The van der Waals surface area contributed by atoms with Crippen LogP contribution in [0.15, 0.2) is 12.1 Å². The number of hydrogen-bond acceptors (Lipinski definition) is 4. The van der Waals surface area contributed by atoms with Gasteiger partial charge in [0.05, 0.1) is 10.4 Å². The highest BCUT2D eigenvalue weighted by atomic mass is 32.1. The van der Waals surface area contributed by atoms with Crippen LogP contribution in [0.2, 0.25) is 0 Å². The fourth-order valence-corrected chi connectivity index (χ4v) is 3.30. The third kappa shape index (κ3) is 5.51. The summed E-state index contributed by atoms with van der Waals surface area (Å²) in [7, 11) is 0. The number of carbonyl (C=O) groups excluding carboxylic acids is 2. The van der Waals surface area contributed by atoms with Gasteiger partial charge in [0.25, 0.3) is 0 Å². The number of rotatable bonds is 6. The summed E-state index contributed by atoms with van der Waals surface area (Å²) < 4.78 is 5.25. The van der Waals surface area contributed by atoms with Gasteiger partial charge in [0, 0.05) is 18.0 Å². The van der Waals surface area contributed by atoms with Crippen LogP contribution in [0, 0.1) is 0 Å². The highest BCUT2D eigenvalue weighted by molar-refractivity contribution is 7.16. The molecule has 0 atom stereocenters. The Bertz CT molecular complexity index is 573. The Morgan fingerprint density at radius 3 is 2.29 bits per heavy atom. The van der Waals surface area contributed by atoms with Crippen LogP contribution in [0.3, 0.4) is 0 Å². The first kappa shape index (κ1) is 20.5. The number of likely N-dealkylation sites (N-methyl/N-ethyl adjacent to an activating group) is 1. The van der Waals surface area contributed by atoms with Crippen LogP contribution >= 0.6 is 11.3 Å². The van der Waals surface area contributed by atoms with Crippen LogP contribution in [-0.2, 0) is 14.9 Å². The predicted molar refractivity (Wildman–Crippen MR) is 99.7 cm³/mol. The SMILES string of the molecule is CCCN(CC)C(=O)C(C)(C)c1ccc(NC(=O)OC(C)(C)C)s1. The normalized spacial score (nSPS) is 12.0. The molecule has 136 valence electrons. The van der Waals surface area contributed by atoms with Crippen LogP contribution in [0.5, 0.6) is 0 Å². The summed E-state index contributed by atoms with van der Waals surface area (Å²) in [5, 5.41) is 3.41. The minimum Gasteiger partial charge on any atom is -0.444 e. The van der Waals surface area contributed by atoms with Crippen molar-refractivity contribution in [1.29, 1.82) is 0 Å². The number of carbonyl (C=O) groups is 2. The molecule has 0 aliphatic carbocycles. The Labute approximate surface area is 149 Å². The maximum atomic E-state index is 12.8. The van der Waals surface area contributed by atoms with Crippen LogP contribution in [0.25, 0.3) is 0 Å². The fraction of sp³-hybridized carbons (Fsp3) is 0.667. The zero-order valence-electron chi connectivity index (χ0n) is 15.9. The van der Waals surface area contributed by atoms with Gasteiger partial charge in [-0.3, -0.25) is 10.1 Å². The van der Waals surface area contributed by atoms with E-state index in [1.165, 1.54) is 11.3 Å². The third-order valence-corrected chi connectivity index (χ3v) is 4.87. The highest BCUT2D eigenvalue weighted by Crippen LogP contribution is 2.34. The molecular formula is C18H30N2O3S. The Hall–Kier alpha value is -1.56. The van der Waals surface area contributed by atoms with Crippen molar-refractivity contribution >= 4 is 28.3 Å². The number of ether oxygens (including phenoxy) is 1. The molecule has 5 nitrogen and oxygen atoms in total. The van der Waals surface area contributed by atoms with Crippen molar-refractivity contribution in [1.82, 2.24) is 4.90 Å². The molecule has 1 N–H and O–H groups in total. The molecular weight excluding hydrogens is 324 g/mol. The van der Waals surface area contributed by atoms with Gasteiger partial charge in [0.15, 0.2) is 0 Å². The van der Waals surface area contributed by atoms with E-state index in [0.29, 0.717) is 11.5 Å². The third-order valence-electron chi connectivity index (χ3n) is 3.54.